The fourth-order valence-corrected chi connectivity index (χ4v) is 8.84. The molecular weight excluding hydrogens is 733 g/mol. The Hall–Kier alpha value is -8.15. The summed E-state index contributed by atoms with van der Waals surface area (Å²) >= 11 is 0. The zero-order chi connectivity index (χ0) is 39.6. The van der Waals surface area contributed by atoms with Crippen molar-refractivity contribution in [3.05, 3.63) is 206 Å². The number of benzene rings is 9. The molecule has 0 aliphatic rings. The fraction of sp³-hybridized carbons (Fsp3) is 0. The topological polar surface area (TPSA) is 56.7 Å². The van der Waals surface area contributed by atoms with Gasteiger partial charge in [-0.2, -0.15) is 0 Å². The molecule has 0 spiro atoms. The first kappa shape index (κ1) is 33.9. The van der Waals surface area contributed by atoms with E-state index < -0.39 is 0 Å². The molecule has 280 valence electrons. The van der Waals surface area contributed by atoms with E-state index in [9.17, 15) is 0 Å². The van der Waals surface area contributed by atoms with E-state index in [1.807, 2.05) is 66.7 Å². The first-order valence-electron chi connectivity index (χ1n) is 20.2. The maximum atomic E-state index is 6.74. The smallest absolute Gasteiger partial charge is 0.164 e. The summed E-state index contributed by atoms with van der Waals surface area (Å²) in [5, 5.41) is 7.00. The van der Waals surface area contributed by atoms with Gasteiger partial charge in [0.1, 0.15) is 11.2 Å². The highest BCUT2D eigenvalue weighted by Gasteiger charge is 2.21. The number of rotatable bonds is 6. The number of nitrogens with zero attached hydrogens (tertiary/aromatic N) is 4. The third-order valence-corrected chi connectivity index (χ3v) is 11.6. The molecule has 3 heterocycles. The Morgan fingerprint density at radius 2 is 0.933 bits per heavy atom. The van der Waals surface area contributed by atoms with Crippen molar-refractivity contribution in [1.29, 1.82) is 0 Å². The van der Waals surface area contributed by atoms with Gasteiger partial charge in [-0.15, -0.1) is 0 Å². The summed E-state index contributed by atoms with van der Waals surface area (Å²) < 4.78 is 9.15. The summed E-state index contributed by atoms with van der Waals surface area (Å²) in [6.45, 7) is 0. The van der Waals surface area contributed by atoms with Gasteiger partial charge in [0, 0.05) is 44.3 Å². The highest BCUT2D eigenvalue weighted by molar-refractivity contribution is 6.22. The van der Waals surface area contributed by atoms with Crippen LogP contribution in [0.1, 0.15) is 0 Å². The molecule has 0 amide bonds. The molecule has 9 aromatic carbocycles. The van der Waals surface area contributed by atoms with Gasteiger partial charge in [0.05, 0.1) is 16.7 Å². The predicted molar refractivity (Wildman–Crippen MR) is 246 cm³/mol. The number of hydrogen-bond donors (Lipinski definition) is 0. The Bertz CT molecular complexity index is 3530. The molecule has 0 unspecified atom stereocenters. The Morgan fingerprint density at radius 3 is 1.67 bits per heavy atom. The number of aromatic nitrogens is 4. The lowest BCUT2D eigenvalue weighted by Gasteiger charge is -2.14. The maximum absolute atomic E-state index is 6.74. The normalized spacial score (nSPS) is 11.7. The summed E-state index contributed by atoms with van der Waals surface area (Å²) in [7, 11) is 0. The van der Waals surface area contributed by atoms with Crippen LogP contribution in [0.15, 0.2) is 211 Å². The Labute approximate surface area is 345 Å². The van der Waals surface area contributed by atoms with Gasteiger partial charge in [-0.1, -0.05) is 170 Å². The molecule has 60 heavy (non-hydrogen) atoms. The molecular formula is C55H34N4O. The van der Waals surface area contributed by atoms with Gasteiger partial charge >= 0.3 is 0 Å². The SMILES string of the molecule is c1ccc(-c2ccc3c4c5ccccc5ccc4n(-c4cc(-c5cccc(-c6nc(-c7ccccc7)nc(-c7ccccc7)n6)c5)c5c(c4)oc4ccccc45)c3c2)cc1. The molecule has 12 rings (SSSR count). The van der Waals surface area contributed by atoms with Gasteiger partial charge in [-0.25, -0.2) is 15.0 Å². The van der Waals surface area contributed by atoms with Crippen LogP contribution < -0.4 is 0 Å². The van der Waals surface area contributed by atoms with Crippen LogP contribution in [-0.4, -0.2) is 19.5 Å². The van der Waals surface area contributed by atoms with Crippen molar-refractivity contribution in [2.45, 2.75) is 0 Å². The van der Waals surface area contributed by atoms with Gasteiger partial charge in [0.2, 0.25) is 0 Å². The second kappa shape index (κ2) is 13.8. The van der Waals surface area contributed by atoms with Gasteiger partial charge in [0.15, 0.2) is 17.5 Å². The van der Waals surface area contributed by atoms with E-state index in [-0.39, 0.29) is 0 Å². The molecule has 0 saturated carbocycles. The lowest BCUT2D eigenvalue weighted by atomic mass is 9.97. The molecule has 0 bridgehead atoms. The molecule has 5 heteroatoms. The van der Waals surface area contributed by atoms with Crippen LogP contribution in [-0.2, 0) is 0 Å². The molecule has 3 aromatic heterocycles. The average molecular weight is 767 g/mol. The fourth-order valence-electron chi connectivity index (χ4n) is 8.84. The number of hydrogen-bond acceptors (Lipinski definition) is 4. The van der Waals surface area contributed by atoms with Crippen molar-refractivity contribution in [1.82, 2.24) is 19.5 Å². The van der Waals surface area contributed by atoms with Crippen molar-refractivity contribution in [2.24, 2.45) is 0 Å². The van der Waals surface area contributed by atoms with Gasteiger partial charge < -0.3 is 8.98 Å². The van der Waals surface area contributed by atoms with Crippen molar-refractivity contribution in [2.75, 3.05) is 0 Å². The molecule has 0 saturated heterocycles. The highest BCUT2D eigenvalue weighted by atomic mass is 16.3. The lowest BCUT2D eigenvalue weighted by Crippen LogP contribution is -2.00. The highest BCUT2D eigenvalue weighted by Crippen LogP contribution is 2.43. The minimum Gasteiger partial charge on any atom is -0.456 e. The molecule has 0 aliphatic heterocycles. The van der Waals surface area contributed by atoms with Crippen molar-refractivity contribution in [3.63, 3.8) is 0 Å². The lowest BCUT2D eigenvalue weighted by molar-refractivity contribution is 0.668. The van der Waals surface area contributed by atoms with Crippen LogP contribution in [0.3, 0.4) is 0 Å². The van der Waals surface area contributed by atoms with Crippen LogP contribution in [0.2, 0.25) is 0 Å². The van der Waals surface area contributed by atoms with Gasteiger partial charge in [-0.3, -0.25) is 0 Å². The van der Waals surface area contributed by atoms with Crippen LogP contribution in [0.4, 0.5) is 0 Å². The van der Waals surface area contributed by atoms with Gasteiger partial charge in [-0.05, 0) is 63.4 Å². The quantitative estimate of drug-likeness (QED) is 0.169. The third-order valence-electron chi connectivity index (χ3n) is 11.6. The minimum absolute atomic E-state index is 0.608. The summed E-state index contributed by atoms with van der Waals surface area (Å²) in [5.74, 6) is 1.87. The number of fused-ring (bicyclic) bond motifs is 8. The molecule has 0 fully saturated rings. The number of para-hydroxylation sites is 1. The largest absolute Gasteiger partial charge is 0.456 e. The van der Waals surface area contributed by atoms with Crippen molar-refractivity contribution < 1.29 is 4.42 Å². The van der Waals surface area contributed by atoms with E-state index in [1.54, 1.807) is 0 Å². The molecule has 0 N–H and O–H groups in total. The molecule has 5 nitrogen and oxygen atoms in total. The van der Waals surface area contributed by atoms with E-state index in [0.717, 1.165) is 72.0 Å². The van der Waals surface area contributed by atoms with Crippen molar-refractivity contribution >= 4 is 54.5 Å². The maximum Gasteiger partial charge on any atom is 0.164 e. The summed E-state index contributed by atoms with van der Waals surface area (Å²) in [5.41, 5.74) is 12.1. The zero-order valence-corrected chi connectivity index (χ0v) is 32.3. The third kappa shape index (κ3) is 5.59. The molecule has 0 aliphatic carbocycles. The van der Waals surface area contributed by atoms with Crippen LogP contribution in [0.25, 0.3) is 117 Å². The van der Waals surface area contributed by atoms with Crippen LogP contribution in [0, 0.1) is 0 Å². The zero-order valence-electron chi connectivity index (χ0n) is 32.3. The first-order chi connectivity index (χ1) is 29.7. The van der Waals surface area contributed by atoms with Crippen LogP contribution in [0.5, 0.6) is 0 Å². The standard InChI is InChI=1S/C55H34N4O/c1-4-15-35(16-5-1)39-27-29-44-48(32-39)59(47-30-28-36-17-10-11-24-43(36)51(44)47)42-33-46(52-45-25-12-13-26-49(45)60-50(52)34-42)40-22-14-23-41(31-40)55-57-53(37-18-6-2-7-19-37)56-54(58-55)38-20-8-3-9-21-38/h1-34H. The molecule has 12 aromatic rings. The van der Waals surface area contributed by atoms with E-state index in [0.29, 0.717) is 17.5 Å². The second-order valence-electron chi connectivity index (χ2n) is 15.2. The van der Waals surface area contributed by atoms with E-state index in [4.69, 9.17) is 19.4 Å². The molecule has 0 radical (unpaired) electrons. The van der Waals surface area contributed by atoms with E-state index in [2.05, 4.69) is 144 Å². The minimum atomic E-state index is 0.608. The molecule has 0 atom stereocenters. The summed E-state index contributed by atoms with van der Waals surface area (Å²) in [6.07, 6.45) is 0. The van der Waals surface area contributed by atoms with E-state index in [1.165, 1.54) is 27.1 Å². The average Bonchev–Trinajstić information content (AvgIpc) is 3.87. The summed E-state index contributed by atoms with van der Waals surface area (Å²) in [6, 6.07) is 72.2. The monoisotopic (exact) mass is 766 g/mol. The second-order valence-corrected chi connectivity index (χ2v) is 15.2. The Morgan fingerprint density at radius 1 is 0.333 bits per heavy atom. The van der Waals surface area contributed by atoms with E-state index >= 15 is 0 Å². The van der Waals surface area contributed by atoms with Gasteiger partial charge in [0.25, 0.3) is 0 Å². The Balaban J connectivity index is 1.12. The van der Waals surface area contributed by atoms with Crippen molar-refractivity contribution in [3.8, 4) is 62.1 Å². The Kier molecular flexibility index (Phi) is 7.78. The number of furan rings is 1. The van der Waals surface area contributed by atoms with Crippen LogP contribution >= 0.6 is 0 Å². The first-order valence-corrected chi connectivity index (χ1v) is 20.2. The predicted octanol–water partition coefficient (Wildman–Crippen LogP) is 14.4. The summed E-state index contributed by atoms with van der Waals surface area (Å²) in [4.78, 5) is 15.1.